The normalized spacial score (nSPS) is 13.9. The number of carbonyl (C=O) groups excluding carboxylic acids is 2. The molecule has 4 nitrogen and oxygen atoms in total. The predicted molar refractivity (Wildman–Crippen MR) is 75.1 cm³/mol. The van der Waals surface area contributed by atoms with E-state index in [9.17, 15) is 9.59 Å². The van der Waals surface area contributed by atoms with E-state index in [1.165, 1.54) is 0 Å². The maximum absolute atomic E-state index is 12.2. The van der Waals surface area contributed by atoms with Crippen molar-refractivity contribution in [2.75, 3.05) is 5.32 Å². The molecule has 1 aliphatic rings. The van der Waals surface area contributed by atoms with Gasteiger partial charge in [0.15, 0.2) is 11.5 Å². The highest BCUT2D eigenvalue weighted by Crippen LogP contribution is 2.25. The lowest BCUT2D eigenvalue weighted by atomic mass is 9.97. The summed E-state index contributed by atoms with van der Waals surface area (Å²) < 4.78 is 5.52. The third kappa shape index (κ3) is 2.25. The van der Waals surface area contributed by atoms with E-state index in [4.69, 9.17) is 4.42 Å². The monoisotopic (exact) mass is 269 g/mol. The summed E-state index contributed by atoms with van der Waals surface area (Å²) in [5, 5.41) is 2.81. The standard InChI is InChI=1S/C16H15NO3/c1-10-5-2-3-6-12(10)17-16(19)15-9-11-13(18)7-4-8-14(11)20-15/h2-3,5-6,9H,4,7-8H2,1H3,(H,17,19). The maximum Gasteiger partial charge on any atom is 0.291 e. The molecule has 1 amide bonds. The average molecular weight is 269 g/mol. The number of furan rings is 1. The third-order valence-corrected chi connectivity index (χ3v) is 3.53. The Bertz CT molecular complexity index is 685. The van der Waals surface area contributed by atoms with Crippen molar-refractivity contribution in [2.24, 2.45) is 0 Å². The van der Waals surface area contributed by atoms with Gasteiger partial charge < -0.3 is 9.73 Å². The van der Waals surface area contributed by atoms with Crippen LogP contribution in [-0.4, -0.2) is 11.7 Å². The summed E-state index contributed by atoms with van der Waals surface area (Å²) in [5.41, 5.74) is 2.29. The summed E-state index contributed by atoms with van der Waals surface area (Å²) in [4.78, 5) is 23.9. The summed E-state index contributed by atoms with van der Waals surface area (Å²) >= 11 is 0. The highest BCUT2D eigenvalue weighted by Gasteiger charge is 2.24. The highest BCUT2D eigenvalue weighted by molar-refractivity contribution is 6.05. The van der Waals surface area contributed by atoms with Crippen molar-refractivity contribution in [3.63, 3.8) is 0 Å². The Morgan fingerprint density at radius 2 is 2.05 bits per heavy atom. The van der Waals surface area contributed by atoms with E-state index >= 15 is 0 Å². The molecule has 0 fully saturated rings. The second-order valence-electron chi connectivity index (χ2n) is 4.99. The van der Waals surface area contributed by atoms with Gasteiger partial charge in [-0.05, 0) is 25.0 Å². The number of anilines is 1. The molecule has 2 aromatic rings. The number of ketones is 1. The molecule has 0 atom stereocenters. The first-order valence-corrected chi connectivity index (χ1v) is 6.68. The Morgan fingerprint density at radius 1 is 1.25 bits per heavy atom. The van der Waals surface area contributed by atoms with Gasteiger partial charge in [-0.15, -0.1) is 0 Å². The van der Waals surface area contributed by atoms with Gasteiger partial charge in [0.2, 0.25) is 0 Å². The number of fused-ring (bicyclic) bond motifs is 1. The molecule has 20 heavy (non-hydrogen) atoms. The first-order valence-electron chi connectivity index (χ1n) is 6.68. The second-order valence-corrected chi connectivity index (χ2v) is 4.99. The van der Waals surface area contributed by atoms with Crippen LogP contribution in [-0.2, 0) is 6.42 Å². The van der Waals surface area contributed by atoms with Crippen LogP contribution in [0.2, 0.25) is 0 Å². The Balaban J connectivity index is 1.85. The SMILES string of the molecule is Cc1ccccc1NC(=O)c1cc2c(o1)CCCC2=O. The topological polar surface area (TPSA) is 59.3 Å². The molecule has 0 unspecified atom stereocenters. The zero-order valence-electron chi connectivity index (χ0n) is 11.2. The maximum atomic E-state index is 12.2. The van der Waals surface area contributed by atoms with Crippen molar-refractivity contribution in [3.8, 4) is 0 Å². The minimum atomic E-state index is -0.318. The van der Waals surface area contributed by atoms with E-state index in [1.54, 1.807) is 6.07 Å². The quantitative estimate of drug-likeness (QED) is 0.909. The van der Waals surface area contributed by atoms with Crippen LogP contribution in [0.15, 0.2) is 34.7 Å². The lowest BCUT2D eigenvalue weighted by molar-refractivity contribution is 0.0963. The molecule has 1 aromatic carbocycles. The lowest BCUT2D eigenvalue weighted by Gasteiger charge is -2.06. The lowest BCUT2D eigenvalue weighted by Crippen LogP contribution is -2.11. The first-order chi connectivity index (χ1) is 9.65. The Hall–Kier alpha value is -2.36. The van der Waals surface area contributed by atoms with Crippen LogP contribution in [0.25, 0.3) is 0 Å². The summed E-state index contributed by atoms with van der Waals surface area (Å²) in [7, 11) is 0. The van der Waals surface area contributed by atoms with Gasteiger partial charge in [-0.25, -0.2) is 0 Å². The molecule has 1 N–H and O–H groups in total. The van der Waals surface area contributed by atoms with Gasteiger partial charge in [0, 0.05) is 24.6 Å². The van der Waals surface area contributed by atoms with Gasteiger partial charge in [0.05, 0.1) is 5.56 Å². The Labute approximate surface area is 116 Å². The minimum Gasteiger partial charge on any atom is -0.455 e. The van der Waals surface area contributed by atoms with Crippen LogP contribution in [0.1, 0.15) is 45.1 Å². The number of amides is 1. The van der Waals surface area contributed by atoms with Crippen LogP contribution < -0.4 is 5.32 Å². The first kappa shape index (κ1) is 12.7. The van der Waals surface area contributed by atoms with Crippen molar-refractivity contribution in [1.82, 2.24) is 0 Å². The van der Waals surface area contributed by atoms with Gasteiger partial charge in [0.25, 0.3) is 5.91 Å². The summed E-state index contributed by atoms with van der Waals surface area (Å²) in [6.45, 7) is 1.92. The van der Waals surface area contributed by atoms with E-state index < -0.39 is 0 Å². The molecule has 1 heterocycles. The van der Waals surface area contributed by atoms with Crippen molar-refractivity contribution in [2.45, 2.75) is 26.2 Å². The molecule has 0 saturated carbocycles. The molecular formula is C16H15NO3. The smallest absolute Gasteiger partial charge is 0.291 e. The molecule has 0 saturated heterocycles. The Kier molecular flexibility index (Phi) is 3.14. The Morgan fingerprint density at radius 3 is 2.80 bits per heavy atom. The van der Waals surface area contributed by atoms with Crippen LogP contribution in [0.4, 0.5) is 5.69 Å². The molecule has 0 aliphatic heterocycles. The van der Waals surface area contributed by atoms with Crippen molar-refractivity contribution in [1.29, 1.82) is 0 Å². The number of aryl methyl sites for hydroxylation is 2. The number of para-hydroxylation sites is 1. The average Bonchev–Trinajstić information content (AvgIpc) is 2.87. The van der Waals surface area contributed by atoms with Crippen molar-refractivity contribution < 1.29 is 14.0 Å². The van der Waals surface area contributed by atoms with Gasteiger partial charge in [0.1, 0.15) is 5.76 Å². The third-order valence-electron chi connectivity index (χ3n) is 3.53. The van der Waals surface area contributed by atoms with Gasteiger partial charge in [-0.3, -0.25) is 9.59 Å². The zero-order valence-corrected chi connectivity index (χ0v) is 11.2. The van der Waals surface area contributed by atoms with Crippen LogP contribution in [0.3, 0.4) is 0 Å². The van der Waals surface area contributed by atoms with Crippen LogP contribution in [0, 0.1) is 6.92 Å². The van der Waals surface area contributed by atoms with Gasteiger partial charge >= 0.3 is 0 Å². The molecule has 1 aromatic heterocycles. The van der Waals surface area contributed by atoms with Crippen LogP contribution >= 0.6 is 0 Å². The fourth-order valence-corrected chi connectivity index (χ4v) is 2.40. The number of benzene rings is 1. The number of nitrogens with one attached hydrogen (secondary N) is 1. The largest absolute Gasteiger partial charge is 0.455 e. The second kappa shape index (κ2) is 4.96. The summed E-state index contributed by atoms with van der Waals surface area (Å²) in [6.07, 6.45) is 2.04. The number of Topliss-reactive ketones (excluding diaryl/α,β-unsaturated/α-hetero) is 1. The van der Waals surface area contributed by atoms with E-state index in [0.29, 0.717) is 17.7 Å². The van der Waals surface area contributed by atoms with E-state index in [-0.39, 0.29) is 17.5 Å². The van der Waals surface area contributed by atoms with Gasteiger partial charge in [-0.1, -0.05) is 18.2 Å². The van der Waals surface area contributed by atoms with Crippen molar-refractivity contribution >= 4 is 17.4 Å². The zero-order chi connectivity index (χ0) is 14.1. The molecule has 0 bridgehead atoms. The molecule has 1 aliphatic carbocycles. The molecular weight excluding hydrogens is 254 g/mol. The predicted octanol–water partition coefficient (Wildman–Crippen LogP) is 3.36. The summed E-state index contributed by atoms with van der Waals surface area (Å²) in [5.74, 6) is 0.580. The number of hydrogen-bond donors (Lipinski definition) is 1. The molecule has 0 spiro atoms. The fourth-order valence-electron chi connectivity index (χ4n) is 2.40. The fraction of sp³-hybridized carbons (Fsp3) is 0.250. The van der Waals surface area contributed by atoms with E-state index in [0.717, 1.165) is 24.1 Å². The molecule has 0 radical (unpaired) electrons. The number of hydrogen-bond acceptors (Lipinski definition) is 3. The minimum absolute atomic E-state index is 0.0601. The van der Waals surface area contributed by atoms with E-state index in [1.807, 2.05) is 31.2 Å². The molecule has 4 heteroatoms. The van der Waals surface area contributed by atoms with E-state index in [2.05, 4.69) is 5.32 Å². The van der Waals surface area contributed by atoms with Crippen molar-refractivity contribution in [3.05, 3.63) is 53.0 Å². The molecule has 102 valence electrons. The highest BCUT2D eigenvalue weighted by atomic mass is 16.4. The summed E-state index contributed by atoms with van der Waals surface area (Å²) in [6, 6.07) is 9.09. The number of rotatable bonds is 2. The molecule has 3 rings (SSSR count). The number of carbonyl (C=O) groups is 2. The van der Waals surface area contributed by atoms with Crippen LogP contribution in [0.5, 0.6) is 0 Å². The van der Waals surface area contributed by atoms with Gasteiger partial charge in [-0.2, -0.15) is 0 Å².